The van der Waals surface area contributed by atoms with Crippen molar-refractivity contribution in [2.24, 2.45) is 7.05 Å². The summed E-state index contributed by atoms with van der Waals surface area (Å²) >= 11 is 0. The first kappa shape index (κ1) is 24.9. The number of carbonyl (C=O) groups is 1. The molecule has 8 nitrogen and oxygen atoms in total. The lowest BCUT2D eigenvalue weighted by molar-refractivity contribution is 0.0978. The lowest BCUT2D eigenvalue weighted by Gasteiger charge is -2.29. The van der Waals surface area contributed by atoms with Crippen molar-refractivity contribution in [2.45, 2.75) is 43.5 Å². The Morgan fingerprint density at radius 1 is 1.06 bits per heavy atom. The van der Waals surface area contributed by atoms with Gasteiger partial charge in [0.15, 0.2) is 0 Å². The number of aromatic nitrogens is 2. The number of anilines is 1. The number of hydrogen-bond acceptors (Lipinski definition) is 5. The van der Waals surface area contributed by atoms with E-state index in [2.05, 4.69) is 5.10 Å². The molecule has 1 aromatic heterocycles. The zero-order valence-corrected chi connectivity index (χ0v) is 21.2. The molecule has 0 saturated carbocycles. The summed E-state index contributed by atoms with van der Waals surface area (Å²) in [7, 11) is -0.290. The highest BCUT2D eigenvalue weighted by atomic mass is 32.2. The molecule has 0 radical (unpaired) electrons. The van der Waals surface area contributed by atoms with Crippen LogP contribution in [0.2, 0.25) is 0 Å². The molecule has 1 aliphatic rings. The van der Waals surface area contributed by atoms with E-state index in [0.29, 0.717) is 30.1 Å². The van der Waals surface area contributed by atoms with E-state index in [1.54, 1.807) is 58.6 Å². The molecular weight excluding hydrogens is 464 g/mol. The summed E-state index contributed by atoms with van der Waals surface area (Å²) in [6.45, 7) is 2.95. The molecule has 1 unspecified atom stereocenters. The summed E-state index contributed by atoms with van der Waals surface area (Å²) < 4.78 is 35.3. The van der Waals surface area contributed by atoms with Crippen LogP contribution in [0.1, 0.15) is 54.6 Å². The van der Waals surface area contributed by atoms with E-state index in [9.17, 15) is 13.2 Å². The van der Waals surface area contributed by atoms with Crippen molar-refractivity contribution < 1.29 is 17.9 Å². The molecule has 0 aliphatic carbocycles. The third-order valence-electron chi connectivity index (χ3n) is 6.44. The third kappa shape index (κ3) is 5.41. The van der Waals surface area contributed by atoms with Crippen LogP contribution in [0, 0.1) is 0 Å². The Kier molecular flexibility index (Phi) is 7.57. The normalized spacial score (nSPS) is 15.9. The van der Waals surface area contributed by atoms with Gasteiger partial charge in [-0.2, -0.15) is 9.40 Å². The zero-order valence-electron chi connectivity index (χ0n) is 20.4. The topological polar surface area (TPSA) is 84.7 Å². The Balaban J connectivity index is 1.71. The predicted octanol–water partition coefficient (Wildman–Crippen LogP) is 4.40. The molecule has 2 aromatic carbocycles. The molecule has 0 N–H and O–H groups in total. The maximum atomic E-state index is 13.9. The van der Waals surface area contributed by atoms with Gasteiger partial charge in [0, 0.05) is 31.9 Å². The number of methoxy groups -OCH3 is 1. The van der Waals surface area contributed by atoms with Crippen molar-refractivity contribution in [1.29, 1.82) is 0 Å². The van der Waals surface area contributed by atoms with Gasteiger partial charge in [0.2, 0.25) is 10.0 Å². The standard InChI is InChI=1S/C26H32N4O4S/c1-20(21-10-8-12-24(16-21)34-3)30(23-18-27-28(2)19-23)26(31)22-11-9-13-25(17-22)35(32,33)29-14-6-4-5-7-15-29/h8-13,16-20H,4-7,14-15H2,1-3H3. The maximum Gasteiger partial charge on any atom is 0.258 e. The van der Waals surface area contributed by atoms with Crippen LogP contribution in [0.3, 0.4) is 0 Å². The van der Waals surface area contributed by atoms with Crippen molar-refractivity contribution in [2.75, 3.05) is 25.1 Å². The number of ether oxygens (including phenoxy) is 1. The van der Waals surface area contributed by atoms with Crippen LogP contribution in [0.25, 0.3) is 0 Å². The Bertz CT molecular complexity index is 1280. The number of hydrogen-bond donors (Lipinski definition) is 0. The van der Waals surface area contributed by atoms with Crippen molar-refractivity contribution in [3.05, 3.63) is 72.1 Å². The van der Waals surface area contributed by atoms with Crippen molar-refractivity contribution >= 4 is 21.6 Å². The van der Waals surface area contributed by atoms with Gasteiger partial charge in [-0.25, -0.2) is 8.42 Å². The lowest BCUT2D eigenvalue weighted by atomic mass is 10.0. The zero-order chi connectivity index (χ0) is 25.0. The molecule has 9 heteroatoms. The van der Waals surface area contributed by atoms with Gasteiger partial charge in [-0.05, 0) is 55.7 Å². The van der Waals surface area contributed by atoms with E-state index in [4.69, 9.17) is 4.74 Å². The summed E-state index contributed by atoms with van der Waals surface area (Å²) in [4.78, 5) is 15.7. The molecule has 2 heterocycles. The molecule has 1 amide bonds. The minimum atomic E-state index is -3.68. The first-order valence-corrected chi connectivity index (χ1v) is 13.3. The molecular formula is C26H32N4O4S. The van der Waals surface area contributed by atoms with Gasteiger partial charge in [0.25, 0.3) is 5.91 Å². The van der Waals surface area contributed by atoms with Crippen LogP contribution in [-0.4, -0.2) is 48.6 Å². The van der Waals surface area contributed by atoms with Gasteiger partial charge in [-0.15, -0.1) is 0 Å². The van der Waals surface area contributed by atoms with Crippen molar-refractivity contribution in [1.82, 2.24) is 14.1 Å². The van der Waals surface area contributed by atoms with Gasteiger partial charge in [-0.3, -0.25) is 14.4 Å². The number of benzene rings is 2. The summed E-state index contributed by atoms with van der Waals surface area (Å²) in [5.74, 6) is 0.389. The molecule has 1 fully saturated rings. The van der Waals surface area contributed by atoms with Crippen LogP contribution >= 0.6 is 0 Å². The summed E-state index contributed by atoms with van der Waals surface area (Å²) in [5, 5.41) is 4.25. The Labute approximate surface area is 207 Å². The minimum absolute atomic E-state index is 0.144. The second kappa shape index (κ2) is 10.6. The number of rotatable bonds is 7. The SMILES string of the molecule is COc1cccc(C(C)N(C(=O)c2cccc(S(=O)(=O)N3CCCCCC3)c2)c2cnn(C)c2)c1. The molecule has 1 atom stereocenters. The van der Waals surface area contributed by atoms with E-state index < -0.39 is 10.0 Å². The van der Waals surface area contributed by atoms with Crippen molar-refractivity contribution in [3.8, 4) is 5.75 Å². The number of amides is 1. The number of nitrogens with zero attached hydrogens (tertiary/aromatic N) is 4. The van der Waals surface area contributed by atoms with Crippen molar-refractivity contribution in [3.63, 3.8) is 0 Å². The van der Waals surface area contributed by atoms with E-state index in [1.807, 2.05) is 31.2 Å². The molecule has 3 aromatic rings. The van der Waals surface area contributed by atoms with Gasteiger partial charge < -0.3 is 4.74 Å². The fourth-order valence-corrected chi connectivity index (χ4v) is 6.02. The highest BCUT2D eigenvalue weighted by Crippen LogP contribution is 2.31. The van der Waals surface area contributed by atoms with Gasteiger partial charge in [0.1, 0.15) is 5.75 Å². The van der Waals surface area contributed by atoms with Crippen LogP contribution in [0.4, 0.5) is 5.69 Å². The molecule has 0 bridgehead atoms. The quantitative estimate of drug-likeness (QED) is 0.484. The fourth-order valence-electron chi connectivity index (χ4n) is 4.46. The third-order valence-corrected chi connectivity index (χ3v) is 8.33. The van der Waals surface area contributed by atoms with Crippen LogP contribution in [0.5, 0.6) is 5.75 Å². The molecule has 1 aliphatic heterocycles. The van der Waals surface area contributed by atoms with Gasteiger partial charge in [0.05, 0.1) is 29.9 Å². The molecule has 0 spiro atoms. The van der Waals surface area contributed by atoms with E-state index in [0.717, 1.165) is 31.2 Å². The summed E-state index contributed by atoms with van der Waals surface area (Å²) in [6, 6.07) is 13.6. The molecule has 186 valence electrons. The maximum absolute atomic E-state index is 13.9. The smallest absolute Gasteiger partial charge is 0.258 e. The predicted molar refractivity (Wildman–Crippen MR) is 135 cm³/mol. The van der Waals surface area contributed by atoms with Crippen LogP contribution in [-0.2, 0) is 17.1 Å². The van der Waals surface area contributed by atoms with Gasteiger partial charge in [-0.1, -0.05) is 31.0 Å². The highest BCUT2D eigenvalue weighted by Gasteiger charge is 2.29. The van der Waals surface area contributed by atoms with E-state index in [-0.39, 0.29) is 16.8 Å². The second-order valence-electron chi connectivity index (χ2n) is 8.85. The average Bonchev–Trinajstić information content (AvgIpc) is 3.11. The van der Waals surface area contributed by atoms with Crippen LogP contribution < -0.4 is 9.64 Å². The molecule has 35 heavy (non-hydrogen) atoms. The first-order chi connectivity index (χ1) is 16.8. The Hall–Kier alpha value is -3.17. The van der Waals surface area contributed by atoms with Gasteiger partial charge >= 0.3 is 0 Å². The van der Waals surface area contributed by atoms with E-state index >= 15 is 0 Å². The lowest BCUT2D eigenvalue weighted by Crippen LogP contribution is -2.34. The largest absolute Gasteiger partial charge is 0.497 e. The summed E-state index contributed by atoms with van der Waals surface area (Å²) in [6.07, 6.45) is 7.17. The minimum Gasteiger partial charge on any atom is -0.497 e. The fraction of sp³-hybridized carbons (Fsp3) is 0.385. The number of aryl methyl sites for hydroxylation is 1. The first-order valence-electron chi connectivity index (χ1n) is 11.9. The monoisotopic (exact) mass is 496 g/mol. The Morgan fingerprint density at radius 2 is 1.77 bits per heavy atom. The average molecular weight is 497 g/mol. The number of sulfonamides is 1. The Morgan fingerprint density at radius 3 is 2.43 bits per heavy atom. The second-order valence-corrected chi connectivity index (χ2v) is 10.8. The van der Waals surface area contributed by atoms with Crippen LogP contribution in [0.15, 0.2) is 65.8 Å². The molecule has 4 rings (SSSR count). The van der Waals surface area contributed by atoms with E-state index in [1.165, 1.54) is 6.07 Å². The highest BCUT2D eigenvalue weighted by molar-refractivity contribution is 7.89. The summed E-state index contributed by atoms with van der Waals surface area (Å²) in [5.41, 5.74) is 1.81. The molecule has 1 saturated heterocycles. The number of carbonyl (C=O) groups excluding carboxylic acids is 1.